The molecule has 6 nitrogen and oxygen atoms in total. The number of primary amides is 1. The van der Waals surface area contributed by atoms with Gasteiger partial charge in [-0.1, -0.05) is 18.2 Å². The molecular formula is C17H14N4O2. The number of nitrogens with two attached hydrogens (primary N) is 2. The summed E-state index contributed by atoms with van der Waals surface area (Å²) in [5.74, 6) is -0.128. The van der Waals surface area contributed by atoms with Crippen LogP contribution in [0.3, 0.4) is 0 Å². The predicted octanol–water partition coefficient (Wildman–Crippen LogP) is 2.20. The fraction of sp³-hybridized carbons (Fsp3) is 0. The summed E-state index contributed by atoms with van der Waals surface area (Å²) < 4.78 is 0. The van der Waals surface area contributed by atoms with E-state index in [1.54, 1.807) is 48.5 Å². The van der Waals surface area contributed by atoms with E-state index >= 15 is 0 Å². The number of anilines is 1. The lowest BCUT2D eigenvalue weighted by Gasteiger charge is -2.09. The summed E-state index contributed by atoms with van der Waals surface area (Å²) in [4.78, 5) is 20.2. The van der Waals surface area contributed by atoms with E-state index in [2.05, 4.69) is 9.97 Å². The molecule has 1 heterocycles. The number of hydrogen-bond acceptors (Lipinski definition) is 5. The maximum absolute atomic E-state index is 11.6. The number of hydrogen-bond donors (Lipinski definition) is 3. The maximum atomic E-state index is 11.6. The summed E-state index contributed by atoms with van der Waals surface area (Å²) in [5.41, 5.74) is 14.0. The van der Waals surface area contributed by atoms with Crippen molar-refractivity contribution < 1.29 is 9.90 Å². The van der Waals surface area contributed by atoms with Crippen molar-refractivity contribution in [1.82, 2.24) is 9.97 Å². The monoisotopic (exact) mass is 306 g/mol. The Kier molecular flexibility index (Phi) is 3.64. The highest BCUT2D eigenvalue weighted by molar-refractivity contribution is 5.99. The number of carbonyl (C=O) groups is 1. The molecule has 0 aliphatic carbocycles. The molecule has 23 heavy (non-hydrogen) atoms. The molecule has 0 atom stereocenters. The van der Waals surface area contributed by atoms with E-state index < -0.39 is 5.91 Å². The highest BCUT2D eigenvalue weighted by Gasteiger charge is 2.13. The van der Waals surface area contributed by atoms with Crippen LogP contribution in [0.5, 0.6) is 5.75 Å². The third-order valence-electron chi connectivity index (χ3n) is 3.41. The van der Waals surface area contributed by atoms with Gasteiger partial charge in [0.2, 0.25) is 5.91 Å². The normalized spacial score (nSPS) is 10.4. The minimum Gasteiger partial charge on any atom is -0.508 e. The summed E-state index contributed by atoms with van der Waals surface area (Å²) in [6.45, 7) is 0. The first kappa shape index (κ1) is 14.5. The van der Waals surface area contributed by atoms with Crippen molar-refractivity contribution in [2.75, 3.05) is 5.73 Å². The highest BCUT2D eigenvalue weighted by atomic mass is 16.3. The van der Waals surface area contributed by atoms with Crippen molar-refractivity contribution in [1.29, 1.82) is 0 Å². The highest BCUT2D eigenvalue weighted by Crippen LogP contribution is 2.28. The molecule has 1 aromatic heterocycles. The number of aromatic hydroxyl groups is 1. The zero-order chi connectivity index (χ0) is 16.4. The molecule has 0 aliphatic rings. The van der Waals surface area contributed by atoms with Gasteiger partial charge in [0, 0.05) is 16.7 Å². The van der Waals surface area contributed by atoms with Crippen LogP contribution in [0.1, 0.15) is 10.4 Å². The van der Waals surface area contributed by atoms with Crippen molar-refractivity contribution in [2.24, 2.45) is 5.73 Å². The Morgan fingerprint density at radius 3 is 2.43 bits per heavy atom. The SMILES string of the molecule is NC(=O)c1ccccc1-c1cnc(N)c(-c2ccc(O)cc2)n1. The van der Waals surface area contributed by atoms with E-state index in [1.165, 1.54) is 6.20 Å². The van der Waals surface area contributed by atoms with Crippen LogP contribution in [-0.2, 0) is 0 Å². The molecule has 0 aliphatic heterocycles. The summed E-state index contributed by atoms with van der Waals surface area (Å²) in [7, 11) is 0. The molecule has 2 aromatic carbocycles. The van der Waals surface area contributed by atoms with Gasteiger partial charge in [-0.15, -0.1) is 0 Å². The van der Waals surface area contributed by atoms with E-state index in [1.807, 2.05) is 0 Å². The fourth-order valence-corrected chi connectivity index (χ4v) is 2.28. The third kappa shape index (κ3) is 2.82. The minimum absolute atomic E-state index is 0.149. The molecule has 0 radical (unpaired) electrons. The molecule has 0 saturated carbocycles. The van der Waals surface area contributed by atoms with Crippen molar-refractivity contribution in [3.63, 3.8) is 0 Å². The van der Waals surface area contributed by atoms with Gasteiger partial charge >= 0.3 is 0 Å². The number of phenolic OH excluding ortho intramolecular Hbond substituents is 1. The fourth-order valence-electron chi connectivity index (χ4n) is 2.28. The van der Waals surface area contributed by atoms with Crippen LogP contribution in [0, 0.1) is 0 Å². The van der Waals surface area contributed by atoms with Gasteiger partial charge in [-0.05, 0) is 30.3 Å². The maximum Gasteiger partial charge on any atom is 0.249 e. The molecule has 0 unspecified atom stereocenters. The van der Waals surface area contributed by atoms with Crippen LogP contribution in [0.4, 0.5) is 5.82 Å². The van der Waals surface area contributed by atoms with E-state index in [4.69, 9.17) is 11.5 Å². The number of amides is 1. The Bertz CT molecular complexity index is 876. The summed E-state index contributed by atoms with van der Waals surface area (Å²) in [5, 5.41) is 9.38. The first-order valence-electron chi connectivity index (χ1n) is 6.87. The van der Waals surface area contributed by atoms with E-state index in [0.717, 1.165) is 0 Å². The van der Waals surface area contributed by atoms with Crippen LogP contribution in [0.15, 0.2) is 54.7 Å². The van der Waals surface area contributed by atoms with Gasteiger partial charge < -0.3 is 16.6 Å². The largest absolute Gasteiger partial charge is 0.508 e. The Balaban J connectivity index is 2.15. The number of benzene rings is 2. The quantitative estimate of drug-likeness (QED) is 0.686. The lowest BCUT2D eigenvalue weighted by Crippen LogP contribution is -2.12. The second kappa shape index (κ2) is 5.76. The van der Waals surface area contributed by atoms with Crippen molar-refractivity contribution in [2.45, 2.75) is 0 Å². The number of rotatable bonds is 3. The lowest BCUT2D eigenvalue weighted by molar-refractivity contribution is 0.100. The smallest absolute Gasteiger partial charge is 0.249 e. The standard InChI is InChI=1S/C17H14N4O2/c18-16-15(10-5-7-11(22)8-6-10)21-14(9-20-16)12-3-1-2-4-13(12)17(19)23/h1-9,22H,(H2,18,20)(H2,19,23). The van der Waals surface area contributed by atoms with E-state index in [0.29, 0.717) is 28.1 Å². The van der Waals surface area contributed by atoms with Gasteiger partial charge in [-0.3, -0.25) is 4.79 Å². The van der Waals surface area contributed by atoms with Gasteiger partial charge in [-0.2, -0.15) is 0 Å². The summed E-state index contributed by atoms with van der Waals surface area (Å²) in [6.07, 6.45) is 1.50. The van der Waals surface area contributed by atoms with Gasteiger partial charge in [0.15, 0.2) is 0 Å². The van der Waals surface area contributed by atoms with Crippen molar-refractivity contribution in [3.8, 4) is 28.3 Å². The molecule has 0 spiro atoms. The first-order valence-corrected chi connectivity index (χ1v) is 6.87. The van der Waals surface area contributed by atoms with Crippen LogP contribution in [0.2, 0.25) is 0 Å². The predicted molar refractivity (Wildman–Crippen MR) is 87.5 cm³/mol. The molecule has 1 amide bonds. The first-order chi connectivity index (χ1) is 11.1. The molecule has 3 aromatic rings. The molecule has 5 N–H and O–H groups in total. The van der Waals surface area contributed by atoms with Gasteiger partial charge in [-0.25, -0.2) is 9.97 Å². The molecule has 0 fully saturated rings. The zero-order valence-electron chi connectivity index (χ0n) is 12.1. The van der Waals surface area contributed by atoms with Gasteiger partial charge in [0.05, 0.1) is 11.9 Å². The third-order valence-corrected chi connectivity index (χ3v) is 3.41. The van der Waals surface area contributed by atoms with Crippen LogP contribution in [-0.4, -0.2) is 21.0 Å². The van der Waals surface area contributed by atoms with Crippen LogP contribution in [0.25, 0.3) is 22.5 Å². The molecule has 6 heteroatoms. The van der Waals surface area contributed by atoms with E-state index in [9.17, 15) is 9.90 Å². The summed E-state index contributed by atoms with van der Waals surface area (Å²) in [6, 6.07) is 13.4. The number of phenols is 1. The number of carbonyl (C=O) groups excluding carboxylic acids is 1. The average molecular weight is 306 g/mol. The van der Waals surface area contributed by atoms with Crippen LogP contribution < -0.4 is 11.5 Å². The Morgan fingerprint density at radius 1 is 1.04 bits per heavy atom. The topological polar surface area (TPSA) is 115 Å². The molecule has 3 rings (SSSR count). The minimum atomic E-state index is -0.537. The Hall–Kier alpha value is -3.41. The summed E-state index contributed by atoms with van der Waals surface area (Å²) >= 11 is 0. The van der Waals surface area contributed by atoms with E-state index in [-0.39, 0.29) is 11.6 Å². The molecule has 0 bridgehead atoms. The second-order valence-corrected chi connectivity index (χ2v) is 4.95. The lowest BCUT2D eigenvalue weighted by atomic mass is 10.0. The van der Waals surface area contributed by atoms with Crippen molar-refractivity contribution in [3.05, 3.63) is 60.3 Å². The number of nitrogens with zero attached hydrogens (tertiary/aromatic N) is 2. The van der Waals surface area contributed by atoms with Crippen LogP contribution >= 0.6 is 0 Å². The van der Waals surface area contributed by atoms with Gasteiger partial charge in [0.25, 0.3) is 0 Å². The Morgan fingerprint density at radius 2 is 1.74 bits per heavy atom. The zero-order valence-corrected chi connectivity index (χ0v) is 12.1. The van der Waals surface area contributed by atoms with Crippen molar-refractivity contribution >= 4 is 11.7 Å². The molecule has 114 valence electrons. The number of nitrogen functional groups attached to an aromatic ring is 1. The molecule has 0 saturated heterocycles. The number of aromatic nitrogens is 2. The molecular weight excluding hydrogens is 292 g/mol. The second-order valence-electron chi connectivity index (χ2n) is 4.95. The average Bonchev–Trinajstić information content (AvgIpc) is 2.56. The van der Waals surface area contributed by atoms with Gasteiger partial charge in [0.1, 0.15) is 17.3 Å². The Labute approximate surface area is 132 Å².